The van der Waals surface area contributed by atoms with E-state index in [1.54, 1.807) is 18.2 Å². The summed E-state index contributed by atoms with van der Waals surface area (Å²) in [6.45, 7) is -0.472. The van der Waals surface area contributed by atoms with Gasteiger partial charge >= 0.3 is 0 Å². The van der Waals surface area contributed by atoms with Crippen LogP contribution in [0.4, 0.5) is 11.4 Å². The van der Waals surface area contributed by atoms with Crippen LogP contribution in [0, 0.1) is 10.1 Å². The third-order valence-electron chi connectivity index (χ3n) is 3.90. The standard InChI is InChI=1S/C18H11Cl2N3O5S2/c19-11-2-1-3-12(20)10(11)7-15-17(26)22(18(29)30-15)8-16(25)21-13-6-9(23(27)28)4-5-14(13)24/h1-7,24H,8H2,(H,21,25)/p-1/b15-7+. The zero-order valence-electron chi connectivity index (χ0n) is 14.8. The van der Waals surface area contributed by atoms with Gasteiger partial charge < -0.3 is 10.4 Å². The number of thiocarbonyl (C=S) groups is 1. The Bertz CT molecular complexity index is 1100. The van der Waals surface area contributed by atoms with Crippen molar-refractivity contribution >= 4 is 80.8 Å². The number of nitrogens with zero attached hydrogens (tertiary/aromatic N) is 2. The Kier molecular flexibility index (Phi) is 6.61. The predicted octanol–water partition coefficient (Wildman–Crippen LogP) is 3.82. The number of hydrogen-bond acceptors (Lipinski definition) is 7. The van der Waals surface area contributed by atoms with Gasteiger partial charge in [0.25, 0.3) is 11.6 Å². The van der Waals surface area contributed by atoms with Crippen LogP contribution in [-0.4, -0.2) is 32.5 Å². The Morgan fingerprint density at radius 1 is 1.27 bits per heavy atom. The molecule has 0 atom stereocenters. The van der Waals surface area contributed by atoms with Crippen molar-refractivity contribution in [3.8, 4) is 5.75 Å². The van der Waals surface area contributed by atoms with Gasteiger partial charge in [-0.3, -0.25) is 24.6 Å². The van der Waals surface area contributed by atoms with E-state index in [0.717, 1.165) is 34.9 Å². The number of thioether (sulfide) groups is 1. The van der Waals surface area contributed by atoms with Crippen molar-refractivity contribution in [2.45, 2.75) is 0 Å². The summed E-state index contributed by atoms with van der Waals surface area (Å²) in [5.41, 5.74) is -0.175. The lowest BCUT2D eigenvalue weighted by atomic mass is 10.2. The van der Waals surface area contributed by atoms with Crippen LogP contribution in [-0.2, 0) is 9.59 Å². The van der Waals surface area contributed by atoms with Gasteiger partial charge in [-0.15, -0.1) is 0 Å². The fourth-order valence-electron chi connectivity index (χ4n) is 2.48. The summed E-state index contributed by atoms with van der Waals surface area (Å²) in [7, 11) is 0. The van der Waals surface area contributed by atoms with E-state index < -0.39 is 29.0 Å². The number of halogens is 2. The second kappa shape index (κ2) is 9.00. The monoisotopic (exact) mass is 482 g/mol. The highest BCUT2D eigenvalue weighted by Crippen LogP contribution is 2.35. The van der Waals surface area contributed by atoms with Gasteiger partial charge in [-0.25, -0.2) is 0 Å². The zero-order valence-corrected chi connectivity index (χ0v) is 17.9. The summed E-state index contributed by atoms with van der Waals surface area (Å²) in [5.74, 6) is -1.87. The SMILES string of the molecule is O=C(CN1C(=O)/C(=C\c2c(Cl)cccc2Cl)SC1=S)Nc1cc([N+](=O)[O-])ccc1[O-]. The number of anilines is 1. The van der Waals surface area contributed by atoms with Crippen molar-refractivity contribution in [2.24, 2.45) is 0 Å². The first-order valence-electron chi connectivity index (χ1n) is 8.12. The molecule has 1 N–H and O–H groups in total. The number of nitrogens with one attached hydrogen (secondary N) is 1. The summed E-state index contributed by atoms with van der Waals surface area (Å²) in [5, 5.41) is 25.6. The van der Waals surface area contributed by atoms with Crippen LogP contribution in [0.25, 0.3) is 6.08 Å². The highest BCUT2D eigenvalue weighted by molar-refractivity contribution is 8.26. The van der Waals surface area contributed by atoms with E-state index in [9.17, 15) is 24.8 Å². The largest absolute Gasteiger partial charge is 0.871 e. The van der Waals surface area contributed by atoms with Gasteiger partial charge in [0.1, 0.15) is 10.9 Å². The highest BCUT2D eigenvalue weighted by atomic mass is 35.5. The lowest BCUT2D eigenvalue weighted by molar-refractivity contribution is -0.385. The molecule has 1 aliphatic heterocycles. The van der Waals surface area contributed by atoms with E-state index in [0.29, 0.717) is 15.6 Å². The maximum absolute atomic E-state index is 12.7. The molecule has 154 valence electrons. The van der Waals surface area contributed by atoms with E-state index >= 15 is 0 Å². The molecule has 0 saturated carbocycles. The normalized spacial score (nSPS) is 15.0. The number of non-ortho nitro benzene ring substituents is 1. The van der Waals surface area contributed by atoms with Crippen molar-refractivity contribution in [1.29, 1.82) is 0 Å². The number of benzene rings is 2. The summed E-state index contributed by atoms with van der Waals surface area (Å²) < 4.78 is 0.131. The first-order valence-corrected chi connectivity index (χ1v) is 10.1. The summed E-state index contributed by atoms with van der Waals surface area (Å²) >= 11 is 18.4. The van der Waals surface area contributed by atoms with E-state index in [2.05, 4.69) is 5.32 Å². The van der Waals surface area contributed by atoms with Crippen molar-refractivity contribution in [3.05, 3.63) is 67.0 Å². The molecule has 0 spiro atoms. The second-order valence-corrected chi connectivity index (χ2v) is 8.38. The first kappa shape index (κ1) is 22.0. The van der Waals surface area contributed by atoms with Crippen LogP contribution in [0.2, 0.25) is 10.0 Å². The number of amides is 2. The molecule has 30 heavy (non-hydrogen) atoms. The fraction of sp³-hybridized carbons (Fsp3) is 0.0556. The smallest absolute Gasteiger partial charge is 0.271 e. The van der Waals surface area contributed by atoms with Crippen LogP contribution >= 0.6 is 47.2 Å². The number of hydrogen-bond donors (Lipinski definition) is 1. The molecule has 0 aromatic heterocycles. The Morgan fingerprint density at radius 3 is 2.57 bits per heavy atom. The Hall–Kier alpha value is -2.66. The summed E-state index contributed by atoms with van der Waals surface area (Å²) in [6, 6.07) is 7.85. The maximum atomic E-state index is 12.7. The molecule has 2 aromatic carbocycles. The Morgan fingerprint density at radius 2 is 1.93 bits per heavy atom. The predicted molar refractivity (Wildman–Crippen MR) is 118 cm³/mol. The Labute approximate surface area is 189 Å². The maximum Gasteiger partial charge on any atom is 0.271 e. The molecule has 3 rings (SSSR count). The molecule has 0 radical (unpaired) electrons. The topological polar surface area (TPSA) is 116 Å². The molecule has 1 fully saturated rings. The van der Waals surface area contributed by atoms with Crippen molar-refractivity contribution in [1.82, 2.24) is 4.90 Å². The van der Waals surface area contributed by atoms with Crippen molar-refractivity contribution in [3.63, 3.8) is 0 Å². The van der Waals surface area contributed by atoms with Gasteiger partial charge in [0, 0.05) is 33.4 Å². The molecule has 1 saturated heterocycles. The number of carbonyl (C=O) groups excluding carboxylic acids is 2. The van der Waals surface area contributed by atoms with E-state index in [1.165, 1.54) is 6.08 Å². The average molecular weight is 483 g/mol. The van der Waals surface area contributed by atoms with Gasteiger partial charge in [0.15, 0.2) is 0 Å². The minimum absolute atomic E-state index is 0.131. The highest BCUT2D eigenvalue weighted by Gasteiger charge is 2.33. The first-order chi connectivity index (χ1) is 14.2. The average Bonchev–Trinajstić information content (AvgIpc) is 2.93. The number of carbonyl (C=O) groups is 2. The van der Waals surface area contributed by atoms with Crippen LogP contribution in [0.5, 0.6) is 5.75 Å². The van der Waals surface area contributed by atoms with E-state index in [1.807, 2.05) is 0 Å². The van der Waals surface area contributed by atoms with Crippen LogP contribution in [0.1, 0.15) is 5.56 Å². The number of rotatable bonds is 5. The van der Waals surface area contributed by atoms with Gasteiger partial charge in [-0.1, -0.05) is 65.1 Å². The quantitative estimate of drug-likeness (QED) is 0.298. The van der Waals surface area contributed by atoms with Gasteiger partial charge in [0.05, 0.1) is 9.83 Å². The van der Waals surface area contributed by atoms with Crippen LogP contribution in [0.15, 0.2) is 41.3 Å². The molecular weight excluding hydrogens is 473 g/mol. The Balaban J connectivity index is 1.76. The lowest BCUT2D eigenvalue weighted by Crippen LogP contribution is -2.36. The van der Waals surface area contributed by atoms with Crippen molar-refractivity contribution < 1.29 is 19.6 Å². The van der Waals surface area contributed by atoms with E-state index in [4.69, 9.17) is 35.4 Å². The summed E-state index contributed by atoms with van der Waals surface area (Å²) in [4.78, 5) is 36.4. The molecule has 0 aliphatic carbocycles. The zero-order chi connectivity index (χ0) is 22.0. The molecule has 8 nitrogen and oxygen atoms in total. The van der Waals surface area contributed by atoms with Gasteiger partial charge in [-0.2, -0.15) is 0 Å². The second-order valence-electron chi connectivity index (χ2n) is 5.89. The fourth-order valence-corrected chi connectivity index (χ4v) is 4.22. The van der Waals surface area contributed by atoms with E-state index in [-0.39, 0.29) is 20.6 Å². The third-order valence-corrected chi connectivity index (χ3v) is 5.94. The molecule has 0 bridgehead atoms. The molecule has 1 heterocycles. The number of nitro benzene ring substituents is 1. The molecule has 0 unspecified atom stereocenters. The molecule has 12 heteroatoms. The van der Waals surface area contributed by atoms with Crippen LogP contribution < -0.4 is 10.4 Å². The minimum atomic E-state index is -0.735. The summed E-state index contributed by atoms with van der Waals surface area (Å²) in [6.07, 6.45) is 1.48. The van der Waals surface area contributed by atoms with Crippen LogP contribution in [0.3, 0.4) is 0 Å². The molecular formula is C18H10Cl2N3O5S2-. The third kappa shape index (κ3) is 4.73. The molecule has 2 amide bonds. The van der Waals surface area contributed by atoms with Gasteiger partial charge in [0.2, 0.25) is 5.91 Å². The number of nitro groups is 1. The molecule has 1 aliphatic rings. The lowest BCUT2D eigenvalue weighted by Gasteiger charge is -2.17. The molecule has 2 aromatic rings. The van der Waals surface area contributed by atoms with Gasteiger partial charge in [-0.05, 0) is 18.2 Å². The minimum Gasteiger partial charge on any atom is -0.871 e. The van der Waals surface area contributed by atoms with Crippen molar-refractivity contribution in [2.75, 3.05) is 11.9 Å².